The minimum absolute atomic E-state index is 0.199. The van der Waals surface area contributed by atoms with E-state index in [-0.39, 0.29) is 11.7 Å². The van der Waals surface area contributed by atoms with Gasteiger partial charge in [0, 0.05) is 6.20 Å². The molecule has 0 N–H and O–H groups in total. The summed E-state index contributed by atoms with van der Waals surface area (Å²) in [5.41, 5.74) is 0. The molecule has 0 amide bonds. The number of rotatable bonds is 0. The van der Waals surface area contributed by atoms with Crippen LogP contribution in [0.5, 0.6) is 0 Å². The van der Waals surface area contributed by atoms with Crippen molar-refractivity contribution >= 4 is 15.9 Å². The number of hydrogen-bond acceptors (Lipinski definition) is 2. The summed E-state index contributed by atoms with van der Waals surface area (Å²) >= 11 is 0. The molecule has 4 heteroatoms. The molecule has 0 spiro atoms. The zero-order chi connectivity index (χ0) is 7.14. The number of hydrogen-bond donors (Lipinski definition) is 0. The van der Waals surface area contributed by atoms with E-state index in [0.717, 1.165) is 0 Å². The van der Waals surface area contributed by atoms with Crippen LogP contribution < -0.4 is 0 Å². The van der Waals surface area contributed by atoms with Crippen LogP contribution in [0.3, 0.4) is 0 Å². The van der Waals surface area contributed by atoms with E-state index < -0.39 is 10.8 Å². The first-order valence-electron chi connectivity index (χ1n) is 2.89. The second kappa shape index (κ2) is 1.79. The first-order valence-corrected chi connectivity index (χ1v) is 4.04. The van der Waals surface area contributed by atoms with Crippen molar-refractivity contribution in [2.75, 3.05) is 0 Å². The largest absolute Gasteiger partial charge is 0.332 e. The van der Waals surface area contributed by atoms with E-state index in [9.17, 15) is 9.00 Å². The quantitative estimate of drug-likeness (QED) is 0.534. The van der Waals surface area contributed by atoms with Crippen molar-refractivity contribution in [3.05, 3.63) is 18.3 Å². The van der Waals surface area contributed by atoms with Crippen molar-refractivity contribution in [1.82, 2.24) is 4.57 Å². The fourth-order valence-corrected chi connectivity index (χ4v) is 2.04. The lowest BCUT2D eigenvalue weighted by Crippen LogP contribution is -2.00. The van der Waals surface area contributed by atoms with Gasteiger partial charge in [0.1, 0.15) is 15.8 Å². The van der Waals surface area contributed by atoms with Crippen LogP contribution in [0.15, 0.2) is 23.4 Å². The van der Waals surface area contributed by atoms with Gasteiger partial charge in [0.25, 0.3) is 0 Å². The number of aromatic nitrogens is 1. The van der Waals surface area contributed by atoms with Gasteiger partial charge >= 0.3 is 0 Å². The van der Waals surface area contributed by atoms with Crippen LogP contribution >= 0.6 is 0 Å². The molecule has 0 saturated carbocycles. The number of carbonyl (C=O) groups is 1. The lowest BCUT2D eigenvalue weighted by Gasteiger charge is -1.86. The third-order valence-corrected chi connectivity index (χ3v) is 2.78. The Morgan fingerprint density at radius 1 is 1.60 bits per heavy atom. The van der Waals surface area contributed by atoms with Gasteiger partial charge in [-0.3, -0.25) is 4.79 Å². The predicted octanol–water partition coefficient (Wildman–Crippen LogP) is 0.136. The lowest BCUT2D eigenvalue weighted by molar-refractivity contribution is -0.111. The van der Waals surface area contributed by atoms with E-state index in [1.165, 1.54) is 0 Å². The topological polar surface area (TPSA) is 39.1 Å². The van der Waals surface area contributed by atoms with Crippen LogP contribution in [0.2, 0.25) is 0 Å². The third kappa shape index (κ3) is 0.593. The molecular weight excluding hydrogens is 150 g/mol. The molecule has 52 valence electrons. The maximum absolute atomic E-state index is 11.0. The fraction of sp³-hybridized carbons (Fsp3) is 0.167. The maximum Gasteiger partial charge on any atom is 0.244 e. The standard InChI is InChI=1S/C6H5NO2S/c8-6-4-7-3-1-2-5(7)10(6)9/h1-3H,4H2. The molecule has 10 heavy (non-hydrogen) atoms. The molecule has 1 atom stereocenters. The van der Waals surface area contributed by atoms with Gasteiger partial charge in [-0.1, -0.05) is 0 Å². The Morgan fingerprint density at radius 2 is 2.40 bits per heavy atom. The van der Waals surface area contributed by atoms with E-state index >= 15 is 0 Å². The van der Waals surface area contributed by atoms with E-state index in [1.807, 2.05) is 0 Å². The van der Waals surface area contributed by atoms with E-state index in [2.05, 4.69) is 0 Å². The second-order valence-corrected chi connectivity index (χ2v) is 3.53. The molecule has 3 nitrogen and oxygen atoms in total. The van der Waals surface area contributed by atoms with Crippen molar-refractivity contribution in [3.8, 4) is 0 Å². The highest BCUT2D eigenvalue weighted by molar-refractivity contribution is 8.00. The number of fused-ring (bicyclic) bond motifs is 1. The van der Waals surface area contributed by atoms with E-state index in [1.54, 1.807) is 22.9 Å². The lowest BCUT2D eigenvalue weighted by atomic mass is 10.7. The molecule has 1 aliphatic heterocycles. The molecule has 0 bridgehead atoms. The number of carbonyl (C=O) groups excluding carboxylic acids is 1. The van der Waals surface area contributed by atoms with Crippen molar-refractivity contribution in [3.63, 3.8) is 0 Å². The van der Waals surface area contributed by atoms with Crippen LogP contribution in [0.1, 0.15) is 0 Å². The van der Waals surface area contributed by atoms with Crippen molar-refractivity contribution in [2.24, 2.45) is 0 Å². The summed E-state index contributed by atoms with van der Waals surface area (Å²) in [7, 11) is -1.39. The zero-order valence-corrected chi connectivity index (χ0v) is 5.93. The summed E-state index contributed by atoms with van der Waals surface area (Å²) in [4.78, 5) is 10.8. The van der Waals surface area contributed by atoms with Gasteiger partial charge in [-0.2, -0.15) is 0 Å². The average Bonchev–Trinajstić information content (AvgIpc) is 2.41. The fourth-order valence-electron chi connectivity index (χ4n) is 1.01. The Hall–Kier alpha value is -0.900. The van der Waals surface area contributed by atoms with Gasteiger partial charge in [-0.25, -0.2) is 4.21 Å². The van der Waals surface area contributed by atoms with Gasteiger partial charge in [-0.15, -0.1) is 0 Å². The monoisotopic (exact) mass is 155 g/mol. The molecule has 0 aromatic carbocycles. The normalized spacial score (nSPS) is 23.2. The molecule has 2 rings (SSSR count). The Bertz CT molecular complexity index is 315. The van der Waals surface area contributed by atoms with Gasteiger partial charge < -0.3 is 4.57 Å². The maximum atomic E-state index is 11.0. The molecular formula is C6H5NO2S. The Kier molecular flexibility index (Phi) is 1.05. The molecule has 1 unspecified atom stereocenters. The predicted molar refractivity (Wildman–Crippen MR) is 35.8 cm³/mol. The molecule has 1 aromatic heterocycles. The molecule has 0 fully saturated rings. The molecule has 1 aromatic rings. The average molecular weight is 155 g/mol. The molecule has 0 saturated heterocycles. The first kappa shape index (κ1) is 5.85. The van der Waals surface area contributed by atoms with Crippen molar-refractivity contribution < 1.29 is 9.00 Å². The minimum Gasteiger partial charge on any atom is -0.332 e. The van der Waals surface area contributed by atoms with Gasteiger partial charge in [0.2, 0.25) is 5.12 Å². The summed E-state index contributed by atoms with van der Waals surface area (Å²) in [6.07, 6.45) is 1.76. The highest BCUT2D eigenvalue weighted by Gasteiger charge is 2.25. The molecule has 2 heterocycles. The first-order chi connectivity index (χ1) is 4.79. The summed E-state index contributed by atoms with van der Waals surface area (Å²) in [5, 5.41) is 0.431. The van der Waals surface area contributed by atoms with Crippen molar-refractivity contribution in [1.29, 1.82) is 0 Å². The summed E-state index contributed by atoms with van der Waals surface area (Å²) < 4.78 is 12.7. The molecule has 0 radical (unpaired) electrons. The summed E-state index contributed by atoms with van der Waals surface area (Å²) in [5.74, 6) is 0. The van der Waals surface area contributed by atoms with Crippen LogP contribution in [0.25, 0.3) is 0 Å². The summed E-state index contributed by atoms with van der Waals surface area (Å²) in [6.45, 7) is 0.273. The Balaban J connectivity index is 2.63. The molecule has 0 aliphatic carbocycles. The SMILES string of the molecule is O=C1Cn2cccc2S1=O. The minimum atomic E-state index is -1.39. The van der Waals surface area contributed by atoms with Crippen LogP contribution in [0.4, 0.5) is 0 Å². The van der Waals surface area contributed by atoms with Crippen LogP contribution in [-0.4, -0.2) is 13.9 Å². The van der Waals surface area contributed by atoms with Crippen LogP contribution in [0, 0.1) is 0 Å². The Morgan fingerprint density at radius 3 is 3.10 bits per heavy atom. The second-order valence-electron chi connectivity index (χ2n) is 2.12. The van der Waals surface area contributed by atoms with E-state index in [4.69, 9.17) is 0 Å². The molecule has 1 aliphatic rings. The highest BCUT2D eigenvalue weighted by Crippen LogP contribution is 2.16. The van der Waals surface area contributed by atoms with Crippen molar-refractivity contribution in [2.45, 2.75) is 11.6 Å². The van der Waals surface area contributed by atoms with Crippen LogP contribution in [-0.2, 0) is 22.1 Å². The van der Waals surface area contributed by atoms with Gasteiger partial charge in [0.05, 0.1) is 6.54 Å². The number of nitrogens with zero attached hydrogens (tertiary/aromatic N) is 1. The highest BCUT2D eigenvalue weighted by atomic mass is 32.2. The van der Waals surface area contributed by atoms with Gasteiger partial charge in [-0.05, 0) is 12.1 Å². The Labute approximate surface area is 60.1 Å². The van der Waals surface area contributed by atoms with E-state index in [0.29, 0.717) is 5.03 Å². The third-order valence-electron chi connectivity index (χ3n) is 1.48. The smallest absolute Gasteiger partial charge is 0.244 e. The van der Waals surface area contributed by atoms with Gasteiger partial charge in [0.15, 0.2) is 0 Å². The summed E-state index contributed by atoms with van der Waals surface area (Å²) in [6, 6.07) is 3.50. The zero-order valence-electron chi connectivity index (χ0n) is 5.11.